The molecule has 0 unspecified atom stereocenters. The molecule has 2 fully saturated rings. The van der Waals surface area contributed by atoms with E-state index in [-0.39, 0.29) is 0 Å². The average Bonchev–Trinajstić information content (AvgIpc) is 3.07. The van der Waals surface area contributed by atoms with Crippen molar-refractivity contribution in [2.24, 2.45) is 11.8 Å². The molecule has 2 heterocycles. The first-order valence-electron chi connectivity index (χ1n) is 8.96. The number of carbonyl (C=O) groups excluding carboxylic acids is 1. The predicted molar refractivity (Wildman–Crippen MR) is 87.5 cm³/mol. The fraction of sp³-hybridized carbons (Fsp3) is 0.632. The summed E-state index contributed by atoms with van der Waals surface area (Å²) in [4.78, 5) is 14.7. The van der Waals surface area contributed by atoms with Crippen LogP contribution in [0.15, 0.2) is 18.2 Å². The Morgan fingerprint density at radius 2 is 1.91 bits per heavy atom. The SMILES string of the molecule is O=C(CCc1ccc2c(c1)OCO2)N1CC[C@H]2CCCC[C@@H]2C1. The van der Waals surface area contributed by atoms with Crippen LogP contribution in [0, 0.1) is 11.8 Å². The molecule has 0 aromatic heterocycles. The molecule has 1 aromatic rings. The molecular weight excluding hydrogens is 290 g/mol. The number of fused-ring (bicyclic) bond motifs is 2. The van der Waals surface area contributed by atoms with Crippen molar-refractivity contribution in [3.63, 3.8) is 0 Å². The van der Waals surface area contributed by atoms with Crippen molar-refractivity contribution in [2.75, 3.05) is 19.9 Å². The van der Waals surface area contributed by atoms with E-state index in [2.05, 4.69) is 4.90 Å². The Labute approximate surface area is 137 Å². The minimum atomic E-state index is 0.300. The third-order valence-electron chi connectivity index (χ3n) is 5.71. The molecule has 1 amide bonds. The monoisotopic (exact) mass is 315 g/mol. The van der Waals surface area contributed by atoms with Gasteiger partial charge in [-0.15, -0.1) is 0 Å². The van der Waals surface area contributed by atoms with Gasteiger partial charge in [0.2, 0.25) is 12.7 Å². The predicted octanol–water partition coefficient (Wildman–Crippen LogP) is 3.39. The molecule has 0 spiro atoms. The van der Waals surface area contributed by atoms with Gasteiger partial charge in [-0.05, 0) is 48.8 Å². The van der Waals surface area contributed by atoms with E-state index in [0.29, 0.717) is 19.1 Å². The number of benzene rings is 1. The summed E-state index contributed by atoms with van der Waals surface area (Å²) in [5.41, 5.74) is 1.15. The molecule has 23 heavy (non-hydrogen) atoms. The minimum Gasteiger partial charge on any atom is -0.454 e. The van der Waals surface area contributed by atoms with E-state index in [1.807, 2.05) is 18.2 Å². The van der Waals surface area contributed by atoms with E-state index in [4.69, 9.17) is 9.47 Å². The Morgan fingerprint density at radius 3 is 2.83 bits per heavy atom. The lowest BCUT2D eigenvalue weighted by molar-refractivity contribution is -0.134. The lowest BCUT2D eigenvalue weighted by atomic mass is 9.75. The van der Waals surface area contributed by atoms with Crippen LogP contribution in [0.5, 0.6) is 11.5 Å². The quantitative estimate of drug-likeness (QED) is 0.858. The van der Waals surface area contributed by atoms with Crippen LogP contribution in [-0.2, 0) is 11.2 Å². The van der Waals surface area contributed by atoms with Crippen molar-refractivity contribution in [3.8, 4) is 11.5 Å². The Balaban J connectivity index is 1.31. The summed E-state index contributed by atoms with van der Waals surface area (Å²) < 4.78 is 10.7. The number of ether oxygens (including phenoxy) is 2. The van der Waals surface area contributed by atoms with Gasteiger partial charge >= 0.3 is 0 Å². The second kappa shape index (κ2) is 6.42. The number of aryl methyl sites for hydroxylation is 1. The Bertz CT molecular complexity index is 586. The zero-order valence-corrected chi connectivity index (χ0v) is 13.6. The van der Waals surface area contributed by atoms with Crippen molar-refractivity contribution in [2.45, 2.75) is 44.9 Å². The third-order valence-corrected chi connectivity index (χ3v) is 5.71. The molecule has 0 radical (unpaired) electrons. The zero-order valence-electron chi connectivity index (χ0n) is 13.6. The van der Waals surface area contributed by atoms with Crippen LogP contribution < -0.4 is 9.47 Å². The molecule has 1 saturated heterocycles. The standard InChI is InChI=1S/C19H25NO3/c21-19(20-10-9-15-3-1-2-4-16(15)12-20)8-6-14-5-7-17-18(11-14)23-13-22-17/h5,7,11,15-16H,1-4,6,8-10,12-13H2/t15-,16-/m1/s1. The normalized spacial score (nSPS) is 26.0. The number of carbonyl (C=O) groups is 1. The first-order valence-corrected chi connectivity index (χ1v) is 8.96. The Hall–Kier alpha value is -1.71. The van der Waals surface area contributed by atoms with Crippen LogP contribution in [0.3, 0.4) is 0 Å². The van der Waals surface area contributed by atoms with E-state index >= 15 is 0 Å². The highest BCUT2D eigenvalue weighted by atomic mass is 16.7. The molecule has 4 nitrogen and oxygen atoms in total. The maximum Gasteiger partial charge on any atom is 0.231 e. The summed E-state index contributed by atoms with van der Waals surface area (Å²) in [5, 5.41) is 0. The highest BCUT2D eigenvalue weighted by Crippen LogP contribution is 2.36. The molecule has 2 aliphatic heterocycles. The molecular formula is C19H25NO3. The van der Waals surface area contributed by atoms with Crippen LogP contribution in [-0.4, -0.2) is 30.7 Å². The summed E-state index contributed by atoms with van der Waals surface area (Å²) in [6, 6.07) is 5.98. The van der Waals surface area contributed by atoms with Gasteiger partial charge in [-0.3, -0.25) is 4.79 Å². The van der Waals surface area contributed by atoms with Crippen LogP contribution >= 0.6 is 0 Å². The van der Waals surface area contributed by atoms with E-state index in [1.165, 1.54) is 32.1 Å². The first-order chi connectivity index (χ1) is 11.3. The third kappa shape index (κ3) is 3.17. The molecule has 1 aromatic carbocycles. The number of hydrogen-bond donors (Lipinski definition) is 0. The molecule has 0 N–H and O–H groups in total. The van der Waals surface area contributed by atoms with Crippen LogP contribution in [0.2, 0.25) is 0 Å². The largest absolute Gasteiger partial charge is 0.454 e. The van der Waals surface area contributed by atoms with Gasteiger partial charge in [0.25, 0.3) is 0 Å². The maximum atomic E-state index is 12.5. The number of piperidine rings is 1. The van der Waals surface area contributed by atoms with Gasteiger partial charge in [-0.1, -0.05) is 25.3 Å². The Morgan fingerprint density at radius 1 is 1.09 bits per heavy atom. The van der Waals surface area contributed by atoms with Gasteiger partial charge in [0.05, 0.1) is 0 Å². The molecule has 4 rings (SSSR count). The molecule has 3 aliphatic rings. The molecule has 0 bridgehead atoms. The highest BCUT2D eigenvalue weighted by Gasteiger charge is 2.32. The van der Waals surface area contributed by atoms with E-state index in [9.17, 15) is 4.79 Å². The van der Waals surface area contributed by atoms with Crippen molar-refractivity contribution in [1.29, 1.82) is 0 Å². The Kier molecular flexibility index (Phi) is 4.15. The van der Waals surface area contributed by atoms with Crippen molar-refractivity contribution < 1.29 is 14.3 Å². The first kappa shape index (κ1) is 14.9. The summed E-state index contributed by atoms with van der Waals surface area (Å²) >= 11 is 0. The summed E-state index contributed by atoms with van der Waals surface area (Å²) in [6.07, 6.45) is 8.01. The topological polar surface area (TPSA) is 38.8 Å². The number of nitrogens with zero attached hydrogens (tertiary/aromatic N) is 1. The minimum absolute atomic E-state index is 0.300. The second-order valence-electron chi connectivity index (χ2n) is 7.12. The van der Waals surface area contributed by atoms with Gasteiger partial charge in [0.1, 0.15) is 0 Å². The van der Waals surface area contributed by atoms with Gasteiger partial charge in [-0.25, -0.2) is 0 Å². The second-order valence-corrected chi connectivity index (χ2v) is 7.12. The van der Waals surface area contributed by atoms with E-state index in [1.54, 1.807) is 0 Å². The number of likely N-dealkylation sites (tertiary alicyclic amines) is 1. The zero-order chi connectivity index (χ0) is 15.6. The smallest absolute Gasteiger partial charge is 0.231 e. The van der Waals surface area contributed by atoms with Gasteiger partial charge in [0.15, 0.2) is 11.5 Å². The fourth-order valence-electron chi connectivity index (χ4n) is 4.33. The molecule has 124 valence electrons. The molecule has 1 aliphatic carbocycles. The van der Waals surface area contributed by atoms with E-state index < -0.39 is 0 Å². The number of hydrogen-bond acceptors (Lipinski definition) is 3. The van der Waals surface area contributed by atoms with Gasteiger partial charge < -0.3 is 14.4 Å². The van der Waals surface area contributed by atoms with Crippen LogP contribution in [0.4, 0.5) is 0 Å². The van der Waals surface area contributed by atoms with Crippen molar-refractivity contribution >= 4 is 5.91 Å². The number of amides is 1. The number of rotatable bonds is 3. The van der Waals surface area contributed by atoms with Crippen LogP contribution in [0.25, 0.3) is 0 Å². The lowest BCUT2D eigenvalue weighted by Crippen LogP contribution is -2.44. The van der Waals surface area contributed by atoms with Gasteiger partial charge in [0, 0.05) is 19.5 Å². The van der Waals surface area contributed by atoms with E-state index in [0.717, 1.165) is 48.4 Å². The fourth-order valence-corrected chi connectivity index (χ4v) is 4.33. The maximum absolute atomic E-state index is 12.5. The average molecular weight is 315 g/mol. The lowest BCUT2D eigenvalue weighted by Gasteiger charge is -2.41. The molecule has 2 atom stereocenters. The highest BCUT2D eigenvalue weighted by molar-refractivity contribution is 5.76. The van der Waals surface area contributed by atoms with Crippen molar-refractivity contribution in [1.82, 2.24) is 4.90 Å². The van der Waals surface area contributed by atoms with Crippen LogP contribution in [0.1, 0.15) is 44.1 Å². The summed E-state index contributed by atoms with van der Waals surface area (Å²) in [6.45, 7) is 2.25. The summed E-state index contributed by atoms with van der Waals surface area (Å²) in [7, 11) is 0. The molecule has 1 saturated carbocycles. The van der Waals surface area contributed by atoms with Crippen molar-refractivity contribution in [3.05, 3.63) is 23.8 Å². The summed E-state index contributed by atoms with van der Waals surface area (Å²) in [5.74, 6) is 3.55. The van der Waals surface area contributed by atoms with Gasteiger partial charge in [-0.2, -0.15) is 0 Å². The molecule has 4 heteroatoms.